The molecule has 0 saturated carbocycles. The Balaban J connectivity index is 0.000000342. The van der Waals surface area contributed by atoms with Crippen molar-refractivity contribution >= 4 is 5.69 Å². The van der Waals surface area contributed by atoms with E-state index in [0.29, 0.717) is 16.9 Å². The molecule has 0 spiro atoms. The van der Waals surface area contributed by atoms with Crippen LogP contribution in [0.2, 0.25) is 0 Å². The summed E-state index contributed by atoms with van der Waals surface area (Å²) in [5, 5.41) is 0. The van der Waals surface area contributed by atoms with Gasteiger partial charge in [0.1, 0.15) is 11.6 Å². The third-order valence-corrected chi connectivity index (χ3v) is 2.14. The van der Waals surface area contributed by atoms with Gasteiger partial charge < -0.3 is 11.5 Å². The number of halogens is 2. The minimum Gasteiger partial charge on any atom is -0.399 e. The number of anilines is 1. The van der Waals surface area contributed by atoms with Crippen LogP contribution in [0.4, 0.5) is 14.5 Å². The second-order valence-corrected chi connectivity index (χ2v) is 3.83. The Hall–Kier alpha value is -2.10. The Morgan fingerprint density at radius 3 is 2.32 bits per heavy atom. The monoisotopic (exact) mass is 266 g/mol. The van der Waals surface area contributed by atoms with Crippen LogP contribution in [0.1, 0.15) is 19.4 Å². The van der Waals surface area contributed by atoms with E-state index in [0.717, 1.165) is 0 Å². The van der Waals surface area contributed by atoms with Gasteiger partial charge in [-0.25, -0.2) is 8.78 Å². The van der Waals surface area contributed by atoms with Crippen molar-refractivity contribution in [2.45, 2.75) is 20.8 Å². The van der Waals surface area contributed by atoms with Gasteiger partial charge >= 0.3 is 0 Å². The largest absolute Gasteiger partial charge is 0.399 e. The molecule has 2 nitrogen and oxygen atoms in total. The SMILES string of the molecule is C\C=C/C(N)=C\C(F)=C\C.Cc1ccc(N)cc1F. The summed E-state index contributed by atoms with van der Waals surface area (Å²) >= 11 is 0. The molecular formula is C15H20F2N2. The Labute approximate surface area is 113 Å². The van der Waals surface area contributed by atoms with Crippen molar-refractivity contribution in [3.8, 4) is 0 Å². The third kappa shape index (κ3) is 7.76. The van der Waals surface area contributed by atoms with Crippen LogP contribution in [0.15, 0.2) is 54.0 Å². The molecule has 1 aromatic carbocycles. The summed E-state index contributed by atoms with van der Waals surface area (Å²) in [5.41, 5.74) is 12.2. The van der Waals surface area contributed by atoms with Gasteiger partial charge in [-0.3, -0.25) is 0 Å². The minimum absolute atomic E-state index is 0.241. The lowest BCUT2D eigenvalue weighted by molar-refractivity contribution is 0.619. The van der Waals surface area contributed by atoms with Crippen LogP contribution in [0.5, 0.6) is 0 Å². The zero-order chi connectivity index (χ0) is 14.8. The number of hydrogen-bond acceptors (Lipinski definition) is 2. The lowest BCUT2D eigenvalue weighted by Gasteiger charge is -1.94. The second-order valence-electron chi connectivity index (χ2n) is 3.83. The second kappa shape index (κ2) is 8.91. The first kappa shape index (κ1) is 16.9. The van der Waals surface area contributed by atoms with Crippen molar-refractivity contribution in [1.82, 2.24) is 0 Å². The first-order chi connectivity index (χ1) is 8.90. The molecule has 0 aliphatic carbocycles. The van der Waals surface area contributed by atoms with E-state index in [1.54, 1.807) is 38.1 Å². The van der Waals surface area contributed by atoms with Crippen molar-refractivity contribution in [2.24, 2.45) is 5.73 Å². The minimum atomic E-state index is -0.310. The van der Waals surface area contributed by atoms with E-state index in [4.69, 9.17) is 11.5 Å². The molecule has 19 heavy (non-hydrogen) atoms. The molecule has 104 valence electrons. The van der Waals surface area contributed by atoms with Gasteiger partial charge in [-0.15, -0.1) is 0 Å². The van der Waals surface area contributed by atoms with Crippen LogP contribution in [0.3, 0.4) is 0 Å². The molecule has 1 aromatic rings. The highest BCUT2D eigenvalue weighted by atomic mass is 19.1. The molecule has 0 atom stereocenters. The quantitative estimate of drug-likeness (QED) is 0.628. The maximum Gasteiger partial charge on any atom is 0.128 e. The van der Waals surface area contributed by atoms with Gasteiger partial charge in [0.05, 0.1) is 0 Å². The van der Waals surface area contributed by atoms with E-state index in [1.165, 1.54) is 18.2 Å². The highest BCUT2D eigenvalue weighted by molar-refractivity contribution is 5.39. The summed E-state index contributed by atoms with van der Waals surface area (Å²) in [7, 11) is 0. The fraction of sp³-hybridized carbons (Fsp3) is 0.200. The molecule has 0 unspecified atom stereocenters. The molecule has 0 aliphatic rings. The Morgan fingerprint density at radius 2 is 1.89 bits per heavy atom. The van der Waals surface area contributed by atoms with Crippen molar-refractivity contribution in [1.29, 1.82) is 0 Å². The molecule has 0 amide bonds. The van der Waals surface area contributed by atoms with Crippen LogP contribution in [0, 0.1) is 12.7 Å². The van der Waals surface area contributed by atoms with E-state index in [9.17, 15) is 8.78 Å². The highest BCUT2D eigenvalue weighted by Crippen LogP contribution is 2.09. The normalized spacial score (nSPS) is 12.3. The van der Waals surface area contributed by atoms with Gasteiger partial charge in [-0.2, -0.15) is 0 Å². The van der Waals surface area contributed by atoms with Crippen LogP contribution in [0.25, 0.3) is 0 Å². The van der Waals surface area contributed by atoms with E-state index >= 15 is 0 Å². The van der Waals surface area contributed by atoms with Crippen LogP contribution in [-0.2, 0) is 0 Å². The highest BCUT2D eigenvalue weighted by Gasteiger charge is 1.93. The Kier molecular flexibility index (Phi) is 7.93. The number of nitrogens with two attached hydrogens (primary N) is 2. The molecule has 0 saturated heterocycles. The van der Waals surface area contributed by atoms with Gasteiger partial charge in [0.2, 0.25) is 0 Å². The van der Waals surface area contributed by atoms with Gasteiger partial charge in [-0.1, -0.05) is 18.2 Å². The maximum atomic E-state index is 12.5. The van der Waals surface area contributed by atoms with Gasteiger partial charge in [0, 0.05) is 11.4 Å². The average Bonchev–Trinajstić information content (AvgIpc) is 2.35. The number of allylic oxidation sites excluding steroid dienone is 5. The molecule has 4 heteroatoms. The number of nitrogen functional groups attached to an aromatic ring is 1. The van der Waals surface area contributed by atoms with Crippen LogP contribution < -0.4 is 11.5 Å². The first-order valence-corrected chi connectivity index (χ1v) is 5.84. The lowest BCUT2D eigenvalue weighted by atomic mass is 10.2. The molecular weight excluding hydrogens is 246 g/mol. The van der Waals surface area contributed by atoms with E-state index in [-0.39, 0.29) is 11.6 Å². The molecule has 0 aromatic heterocycles. The average molecular weight is 266 g/mol. The summed E-state index contributed by atoms with van der Waals surface area (Å²) in [6.07, 6.45) is 6.04. The van der Waals surface area contributed by atoms with Crippen molar-refractivity contribution in [3.05, 3.63) is 65.4 Å². The molecule has 1 rings (SSSR count). The number of aryl methyl sites for hydroxylation is 1. The Morgan fingerprint density at radius 1 is 1.26 bits per heavy atom. The van der Waals surface area contributed by atoms with Crippen molar-refractivity contribution in [2.75, 3.05) is 5.73 Å². The summed E-state index contributed by atoms with van der Waals surface area (Å²) in [4.78, 5) is 0. The predicted octanol–water partition coefficient (Wildman–Crippen LogP) is 3.99. The summed E-state index contributed by atoms with van der Waals surface area (Å²) in [5.74, 6) is -0.550. The number of hydrogen-bond donors (Lipinski definition) is 2. The molecule has 0 radical (unpaired) electrons. The van der Waals surface area contributed by atoms with Gasteiger partial charge in [-0.05, 0) is 50.6 Å². The number of rotatable bonds is 2. The van der Waals surface area contributed by atoms with E-state index < -0.39 is 0 Å². The summed E-state index contributed by atoms with van der Waals surface area (Å²) in [6, 6.07) is 4.65. The molecule has 4 N–H and O–H groups in total. The van der Waals surface area contributed by atoms with Crippen molar-refractivity contribution < 1.29 is 8.78 Å². The van der Waals surface area contributed by atoms with Crippen molar-refractivity contribution in [3.63, 3.8) is 0 Å². The van der Waals surface area contributed by atoms with E-state index in [1.807, 2.05) is 6.92 Å². The topological polar surface area (TPSA) is 52.0 Å². The fourth-order valence-electron chi connectivity index (χ4n) is 1.09. The molecule has 0 fully saturated rings. The zero-order valence-corrected chi connectivity index (χ0v) is 11.5. The fourth-order valence-corrected chi connectivity index (χ4v) is 1.09. The maximum absolute atomic E-state index is 12.5. The predicted molar refractivity (Wildman–Crippen MR) is 77.5 cm³/mol. The zero-order valence-electron chi connectivity index (χ0n) is 11.5. The molecule has 0 bridgehead atoms. The molecule has 0 aliphatic heterocycles. The standard InChI is InChI=1S/C8H12FN.C7H8FN/c1-3-5-8(10)6-7(9)4-2;1-5-2-3-6(9)4-7(5)8/h3-6H,10H2,1-2H3;2-4H,9H2,1H3/b5-3-,7-4-,8-6+;. The van der Waals surface area contributed by atoms with Crippen LogP contribution in [-0.4, -0.2) is 0 Å². The smallest absolute Gasteiger partial charge is 0.128 e. The van der Waals surface area contributed by atoms with Gasteiger partial charge in [0.15, 0.2) is 0 Å². The van der Waals surface area contributed by atoms with Crippen LogP contribution >= 0.6 is 0 Å². The molecule has 0 heterocycles. The number of benzene rings is 1. The summed E-state index contributed by atoms with van der Waals surface area (Å²) in [6.45, 7) is 5.15. The van der Waals surface area contributed by atoms with Gasteiger partial charge in [0.25, 0.3) is 0 Å². The third-order valence-electron chi connectivity index (χ3n) is 2.14. The lowest BCUT2D eigenvalue weighted by Crippen LogP contribution is -1.91. The summed E-state index contributed by atoms with van der Waals surface area (Å²) < 4.78 is 24.9. The van der Waals surface area contributed by atoms with E-state index in [2.05, 4.69) is 0 Å². The first-order valence-electron chi connectivity index (χ1n) is 5.84. The Bertz CT molecular complexity index is 489.